The van der Waals surface area contributed by atoms with Crippen LogP contribution in [-0.4, -0.2) is 35.4 Å². The second kappa shape index (κ2) is 5.24. The lowest BCUT2D eigenvalue weighted by atomic mass is 10.2. The van der Waals surface area contributed by atoms with Gasteiger partial charge >= 0.3 is 0 Å². The molecule has 15 heavy (non-hydrogen) atoms. The van der Waals surface area contributed by atoms with Crippen molar-refractivity contribution >= 4 is 29.1 Å². The summed E-state index contributed by atoms with van der Waals surface area (Å²) in [6.45, 7) is 0.423. The van der Waals surface area contributed by atoms with E-state index >= 15 is 0 Å². The number of phenolic OH excluding ortho intramolecular Hbond substituents is 1. The van der Waals surface area contributed by atoms with Gasteiger partial charge in [-0.05, 0) is 18.2 Å². The molecular formula is C10H11Cl2NO2. The number of aromatic hydroxyl groups is 1. The van der Waals surface area contributed by atoms with Crippen LogP contribution >= 0.6 is 23.2 Å². The molecule has 0 aliphatic rings. The van der Waals surface area contributed by atoms with Crippen molar-refractivity contribution in [3.63, 3.8) is 0 Å². The molecule has 0 aliphatic carbocycles. The van der Waals surface area contributed by atoms with E-state index in [-0.39, 0.29) is 17.2 Å². The van der Waals surface area contributed by atoms with Crippen molar-refractivity contribution in [3.8, 4) is 5.75 Å². The molecule has 1 aromatic carbocycles. The Morgan fingerprint density at radius 1 is 1.53 bits per heavy atom. The number of nitrogens with zero attached hydrogens (tertiary/aromatic N) is 1. The Hall–Kier alpha value is -0.930. The lowest BCUT2D eigenvalue weighted by molar-refractivity contribution is 0.0800. The van der Waals surface area contributed by atoms with E-state index in [0.29, 0.717) is 17.4 Å². The molecular weight excluding hydrogens is 237 g/mol. The fourth-order valence-corrected chi connectivity index (χ4v) is 1.54. The fourth-order valence-electron chi connectivity index (χ4n) is 1.11. The topological polar surface area (TPSA) is 40.5 Å². The first-order valence-electron chi connectivity index (χ1n) is 4.36. The van der Waals surface area contributed by atoms with Crippen molar-refractivity contribution < 1.29 is 9.90 Å². The molecule has 3 nitrogen and oxygen atoms in total. The van der Waals surface area contributed by atoms with Crippen LogP contribution < -0.4 is 0 Å². The summed E-state index contributed by atoms with van der Waals surface area (Å²) >= 11 is 11.3. The molecule has 1 rings (SSSR count). The van der Waals surface area contributed by atoms with E-state index in [4.69, 9.17) is 23.2 Å². The highest BCUT2D eigenvalue weighted by Crippen LogP contribution is 2.22. The maximum absolute atomic E-state index is 11.8. The second-order valence-electron chi connectivity index (χ2n) is 3.08. The molecule has 0 unspecified atom stereocenters. The number of benzene rings is 1. The van der Waals surface area contributed by atoms with Crippen molar-refractivity contribution in [1.29, 1.82) is 0 Å². The van der Waals surface area contributed by atoms with Crippen molar-refractivity contribution in [2.24, 2.45) is 0 Å². The Balaban J connectivity index is 2.95. The van der Waals surface area contributed by atoms with E-state index in [1.165, 1.54) is 23.1 Å². The average Bonchev–Trinajstić information content (AvgIpc) is 2.21. The number of alkyl halides is 1. The van der Waals surface area contributed by atoms with Crippen molar-refractivity contribution in [2.75, 3.05) is 19.5 Å². The van der Waals surface area contributed by atoms with E-state index in [1.807, 2.05) is 0 Å². The van der Waals surface area contributed by atoms with Gasteiger partial charge in [-0.15, -0.1) is 11.6 Å². The van der Waals surface area contributed by atoms with E-state index in [2.05, 4.69) is 0 Å². The number of rotatable bonds is 3. The summed E-state index contributed by atoms with van der Waals surface area (Å²) in [5, 5.41) is 9.90. The average molecular weight is 248 g/mol. The maximum atomic E-state index is 11.8. The smallest absolute Gasteiger partial charge is 0.257 e. The van der Waals surface area contributed by atoms with Crippen LogP contribution in [0.1, 0.15) is 10.4 Å². The molecule has 1 aromatic rings. The van der Waals surface area contributed by atoms with Gasteiger partial charge in [0, 0.05) is 24.5 Å². The molecule has 0 bridgehead atoms. The van der Waals surface area contributed by atoms with Gasteiger partial charge in [0.2, 0.25) is 0 Å². The van der Waals surface area contributed by atoms with Crippen LogP contribution in [-0.2, 0) is 0 Å². The van der Waals surface area contributed by atoms with E-state index in [1.54, 1.807) is 7.05 Å². The van der Waals surface area contributed by atoms with E-state index < -0.39 is 0 Å². The van der Waals surface area contributed by atoms with Gasteiger partial charge in [0.25, 0.3) is 5.91 Å². The third-order valence-corrected chi connectivity index (χ3v) is 2.36. The Bertz CT molecular complexity index is 368. The summed E-state index contributed by atoms with van der Waals surface area (Å²) in [6, 6.07) is 4.35. The number of hydrogen-bond donors (Lipinski definition) is 1. The number of phenols is 1. The molecule has 5 heteroatoms. The highest BCUT2D eigenvalue weighted by atomic mass is 35.5. The number of carbonyl (C=O) groups excluding carboxylic acids is 1. The molecule has 0 fully saturated rings. The van der Waals surface area contributed by atoms with E-state index in [0.717, 1.165) is 0 Å². The summed E-state index contributed by atoms with van der Waals surface area (Å²) in [5.41, 5.74) is 0.190. The summed E-state index contributed by atoms with van der Waals surface area (Å²) in [5.74, 6) is -0.0229. The molecule has 0 saturated heterocycles. The normalized spacial score (nSPS) is 10.1. The zero-order chi connectivity index (χ0) is 11.4. The van der Waals surface area contributed by atoms with Crippen LogP contribution in [0.5, 0.6) is 5.75 Å². The third kappa shape index (κ3) is 3.01. The molecule has 0 saturated carbocycles. The second-order valence-corrected chi connectivity index (χ2v) is 3.89. The van der Waals surface area contributed by atoms with Crippen LogP contribution in [0.15, 0.2) is 18.2 Å². The molecule has 0 aliphatic heterocycles. The lowest BCUT2D eigenvalue weighted by Gasteiger charge is -2.16. The van der Waals surface area contributed by atoms with Crippen LogP contribution in [0.3, 0.4) is 0 Å². The molecule has 0 heterocycles. The molecule has 0 atom stereocenters. The van der Waals surface area contributed by atoms with Gasteiger partial charge in [-0.3, -0.25) is 4.79 Å². The minimum Gasteiger partial charge on any atom is -0.507 e. The standard InChI is InChI=1S/C10H11Cl2NO2/c1-13(5-4-11)10(15)8-6-7(12)2-3-9(8)14/h2-3,6,14H,4-5H2,1H3. The van der Waals surface area contributed by atoms with Crippen molar-refractivity contribution in [2.45, 2.75) is 0 Å². The summed E-state index contributed by atoms with van der Waals surface area (Å²) < 4.78 is 0. The van der Waals surface area contributed by atoms with Crippen molar-refractivity contribution in [1.82, 2.24) is 4.90 Å². The first-order valence-corrected chi connectivity index (χ1v) is 5.27. The predicted octanol–water partition coefficient (Wildman–Crippen LogP) is 2.36. The number of halogens is 2. The Morgan fingerprint density at radius 3 is 2.80 bits per heavy atom. The van der Waals surface area contributed by atoms with E-state index in [9.17, 15) is 9.90 Å². The maximum Gasteiger partial charge on any atom is 0.257 e. The fraction of sp³-hybridized carbons (Fsp3) is 0.300. The molecule has 0 radical (unpaired) electrons. The first kappa shape index (κ1) is 12.1. The molecule has 1 amide bonds. The first-order chi connectivity index (χ1) is 7.06. The highest BCUT2D eigenvalue weighted by Gasteiger charge is 2.15. The minimum absolute atomic E-state index is 0.0779. The monoisotopic (exact) mass is 247 g/mol. The number of hydrogen-bond acceptors (Lipinski definition) is 2. The van der Waals surface area contributed by atoms with Gasteiger partial charge in [0.15, 0.2) is 0 Å². The quantitative estimate of drug-likeness (QED) is 0.834. The molecule has 82 valence electrons. The Morgan fingerprint density at radius 2 is 2.20 bits per heavy atom. The van der Waals surface area contributed by atoms with Crippen LogP contribution in [0.25, 0.3) is 0 Å². The van der Waals surface area contributed by atoms with Crippen molar-refractivity contribution in [3.05, 3.63) is 28.8 Å². The van der Waals surface area contributed by atoms with Gasteiger partial charge in [-0.1, -0.05) is 11.6 Å². The van der Waals surface area contributed by atoms with Gasteiger partial charge in [0.05, 0.1) is 5.56 Å². The minimum atomic E-state index is -0.296. The van der Waals surface area contributed by atoms with Crippen LogP contribution in [0.2, 0.25) is 5.02 Å². The Labute approximate surface area is 98.2 Å². The van der Waals surface area contributed by atoms with Crippen LogP contribution in [0.4, 0.5) is 0 Å². The van der Waals surface area contributed by atoms with Crippen LogP contribution in [0, 0.1) is 0 Å². The summed E-state index contributed by atoms with van der Waals surface area (Å²) in [4.78, 5) is 13.2. The SMILES string of the molecule is CN(CCCl)C(=O)c1cc(Cl)ccc1O. The molecule has 1 N–H and O–H groups in total. The number of carbonyl (C=O) groups is 1. The zero-order valence-corrected chi connectivity index (χ0v) is 9.72. The lowest BCUT2D eigenvalue weighted by Crippen LogP contribution is -2.28. The van der Waals surface area contributed by atoms with Gasteiger partial charge in [0.1, 0.15) is 5.75 Å². The third-order valence-electron chi connectivity index (χ3n) is 1.96. The molecule has 0 spiro atoms. The summed E-state index contributed by atoms with van der Waals surface area (Å²) in [7, 11) is 1.62. The van der Waals surface area contributed by atoms with Gasteiger partial charge in [-0.25, -0.2) is 0 Å². The number of amides is 1. The van der Waals surface area contributed by atoms with Gasteiger partial charge < -0.3 is 10.0 Å². The molecule has 0 aromatic heterocycles. The highest BCUT2D eigenvalue weighted by molar-refractivity contribution is 6.31. The largest absolute Gasteiger partial charge is 0.507 e. The predicted molar refractivity (Wildman–Crippen MR) is 60.8 cm³/mol. The Kier molecular flexibility index (Phi) is 4.24. The van der Waals surface area contributed by atoms with Gasteiger partial charge in [-0.2, -0.15) is 0 Å². The zero-order valence-electron chi connectivity index (χ0n) is 8.20. The summed E-state index contributed by atoms with van der Waals surface area (Å²) in [6.07, 6.45) is 0.